The maximum Gasteiger partial charge on any atom is 0.363 e. The lowest BCUT2D eigenvalue weighted by atomic mass is 10.1. The molecule has 0 aromatic heterocycles. The predicted molar refractivity (Wildman–Crippen MR) is 108 cm³/mol. The summed E-state index contributed by atoms with van der Waals surface area (Å²) < 4.78 is 26.4. The van der Waals surface area contributed by atoms with Crippen LogP contribution in [0.2, 0.25) is 0 Å². The number of benzene rings is 2. The molecule has 0 radical (unpaired) electrons. The van der Waals surface area contributed by atoms with Gasteiger partial charge in [-0.2, -0.15) is 0 Å². The van der Waals surface area contributed by atoms with Gasteiger partial charge in [-0.25, -0.2) is 9.79 Å². The van der Waals surface area contributed by atoms with E-state index in [0.29, 0.717) is 28.4 Å². The quantitative estimate of drug-likeness (QED) is 0.520. The Balaban J connectivity index is 1.93. The Labute approximate surface area is 172 Å². The first kappa shape index (κ1) is 20.7. The van der Waals surface area contributed by atoms with Gasteiger partial charge in [-0.1, -0.05) is 0 Å². The fourth-order valence-corrected chi connectivity index (χ4v) is 2.69. The zero-order valence-electron chi connectivity index (χ0n) is 16.6. The fraction of sp³-hybridized carbons (Fsp3) is 0.190. The summed E-state index contributed by atoms with van der Waals surface area (Å²) in [5.41, 5.74) is 6.43. The molecule has 0 saturated heterocycles. The van der Waals surface area contributed by atoms with Crippen molar-refractivity contribution in [3.05, 3.63) is 53.2 Å². The molecule has 1 aliphatic heterocycles. The van der Waals surface area contributed by atoms with Crippen molar-refractivity contribution in [2.24, 2.45) is 10.7 Å². The third-order valence-corrected chi connectivity index (χ3v) is 4.10. The van der Waals surface area contributed by atoms with Crippen LogP contribution < -0.4 is 24.7 Å². The minimum atomic E-state index is -0.639. The summed E-state index contributed by atoms with van der Waals surface area (Å²) in [5.74, 6) is 0.456. The Hall–Kier alpha value is -4.01. The molecule has 2 aromatic rings. The van der Waals surface area contributed by atoms with Gasteiger partial charge in [-0.3, -0.25) is 4.79 Å². The van der Waals surface area contributed by atoms with E-state index in [1.807, 2.05) is 0 Å². The Morgan fingerprint density at radius 3 is 2.23 bits per heavy atom. The summed E-state index contributed by atoms with van der Waals surface area (Å²) in [5, 5.41) is 0. The molecule has 0 spiro atoms. The highest BCUT2D eigenvalue weighted by atomic mass is 16.6. The summed E-state index contributed by atoms with van der Waals surface area (Å²) in [6.07, 6.45) is 1.53. The molecule has 3 rings (SSSR count). The van der Waals surface area contributed by atoms with Crippen LogP contribution in [0.3, 0.4) is 0 Å². The Morgan fingerprint density at radius 1 is 1.07 bits per heavy atom. The van der Waals surface area contributed by atoms with Crippen molar-refractivity contribution < 1.29 is 33.3 Å². The highest BCUT2D eigenvalue weighted by molar-refractivity contribution is 6.12. The number of aliphatic imine (C=N–C) groups is 1. The molecule has 0 atom stereocenters. The van der Waals surface area contributed by atoms with Crippen LogP contribution in [-0.2, 0) is 14.3 Å². The van der Waals surface area contributed by atoms with E-state index in [4.69, 9.17) is 29.4 Å². The van der Waals surface area contributed by atoms with Gasteiger partial charge in [0, 0.05) is 5.56 Å². The monoisotopic (exact) mass is 412 g/mol. The number of nitrogens with zero attached hydrogens (tertiary/aromatic N) is 1. The molecule has 0 saturated carbocycles. The largest absolute Gasteiger partial charge is 0.497 e. The number of carbonyl (C=O) groups is 2. The topological polar surface area (TPSA) is 119 Å². The van der Waals surface area contributed by atoms with Crippen LogP contribution in [0.25, 0.3) is 6.08 Å². The number of methoxy groups -OCH3 is 3. The van der Waals surface area contributed by atoms with Crippen molar-refractivity contribution in [2.75, 3.05) is 27.9 Å². The molecular formula is C21H20N2O7. The van der Waals surface area contributed by atoms with Crippen LogP contribution in [0.4, 0.5) is 0 Å². The van der Waals surface area contributed by atoms with E-state index < -0.39 is 11.9 Å². The lowest BCUT2D eigenvalue weighted by Crippen LogP contribution is -2.20. The number of amides is 1. The fourth-order valence-electron chi connectivity index (χ4n) is 2.69. The van der Waals surface area contributed by atoms with Crippen molar-refractivity contribution in [3.63, 3.8) is 0 Å². The third kappa shape index (κ3) is 4.52. The number of rotatable bonds is 8. The van der Waals surface area contributed by atoms with E-state index in [1.54, 1.807) is 43.5 Å². The average Bonchev–Trinajstić information content (AvgIpc) is 3.12. The summed E-state index contributed by atoms with van der Waals surface area (Å²) in [7, 11) is 4.44. The molecule has 9 nitrogen and oxygen atoms in total. The van der Waals surface area contributed by atoms with Gasteiger partial charge in [0.25, 0.3) is 5.91 Å². The van der Waals surface area contributed by atoms with Crippen LogP contribution in [0, 0.1) is 0 Å². The van der Waals surface area contributed by atoms with Gasteiger partial charge in [-0.15, -0.1) is 0 Å². The summed E-state index contributed by atoms with van der Waals surface area (Å²) in [4.78, 5) is 27.6. The van der Waals surface area contributed by atoms with Gasteiger partial charge in [0.05, 0.1) is 21.3 Å². The first-order chi connectivity index (χ1) is 14.4. The van der Waals surface area contributed by atoms with Crippen LogP contribution in [0.1, 0.15) is 11.1 Å². The predicted octanol–water partition coefficient (Wildman–Crippen LogP) is 1.92. The number of carbonyl (C=O) groups excluding carboxylic acids is 2. The minimum absolute atomic E-state index is 0.107. The Kier molecular flexibility index (Phi) is 6.21. The van der Waals surface area contributed by atoms with Crippen LogP contribution >= 0.6 is 0 Å². The zero-order chi connectivity index (χ0) is 21.7. The number of hydrogen-bond donors (Lipinski definition) is 1. The van der Waals surface area contributed by atoms with E-state index >= 15 is 0 Å². The third-order valence-electron chi connectivity index (χ3n) is 4.10. The number of hydrogen-bond acceptors (Lipinski definition) is 8. The molecule has 2 N–H and O–H groups in total. The molecule has 1 aliphatic rings. The highest BCUT2D eigenvalue weighted by Gasteiger charge is 2.25. The van der Waals surface area contributed by atoms with Gasteiger partial charge in [0.15, 0.2) is 23.8 Å². The molecule has 0 fully saturated rings. The van der Waals surface area contributed by atoms with E-state index in [0.717, 1.165) is 0 Å². The summed E-state index contributed by atoms with van der Waals surface area (Å²) >= 11 is 0. The molecule has 9 heteroatoms. The van der Waals surface area contributed by atoms with Crippen LogP contribution in [0.5, 0.6) is 23.0 Å². The van der Waals surface area contributed by atoms with Crippen LogP contribution in [0.15, 0.2) is 47.1 Å². The molecule has 2 aromatic carbocycles. The van der Waals surface area contributed by atoms with E-state index in [-0.39, 0.29) is 24.0 Å². The molecule has 0 bridgehead atoms. The smallest absolute Gasteiger partial charge is 0.363 e. The van der Waals surface area contributed by atoms with Crippen molar-refractivity contribution in [1.82, 2.24) is 0 Å². The zero-order valence-corrected chi connectivity index (χ0v) is 16.6. The maximum absolute atomic E-state index is 12.3. The second-order valence-corrected chi connectivity index (χ2v) is 6.07. The molecule has 0 aliphatic carbocycles. The van der Waals surface area contributed by atoms with Crippen LogP contribution in [-0.4, -0.2) is 45.7 Å². The van der Waals surface area contributed by atoms with E-state index in [1.165, 1.54) is 20.3 Å². The SMILES string of the molecule is COc1ccc(C2=N/C(=C/c3cc(OC)c(OCC(N)=O)c(OC)c3)C(=O)O2)cc1. The average molecular weight is 412 g/mol. The van der Waals surface area contributed by atoms with Gasteiger partial charge < -0.3 is 29.4 Å². The minimum Gasteiger partial charge on any atom is -0.497 e. The van der Waals surface area contributed by atoms with Crippen molar-refractivity contribution in [1.29, 1.82) is 0 Å². The second-order valence-electron chi connectivity index (χ2n) is 6.07. The van der Waals surface area contributed by atoms with Crippen molar-refractivity contribution in [3.8, 4) is 23.0 Å². The van der Waals surface area contributed by atoms with Gasteiger partial charge >= 0.3 is 5.97 Å². The van der Waals surface area contributed by atoms with E-state index in [2.05, 4.69) is 4.99 Å². The van der Waals surface area contributed by atoms with Crippen molar-refractivity contribution in [2.45, 2.75) is 0 Å². The summed E-state index contributed by atoms with van der Waals surface area (Å²) in [6.45, 7) is -0.338. The molecular weight excluding hydrogens is 392 g/mol. The summed E-state index contributed by atoms with van der Waals surface area (Å²) in [6, 6.07) is 10.2. The maximum atomic E-state index is 12.3. The lowest BCUT2D eigenvalue weighted by molar-refractivity contribution is -0.130. The molecule has 1 heterocycles. The standard InChI is InChI=1S/C21H20N2O7/c1-26-14-6-4-13(5-7-14)20-23-15(21(25)30-20)8-12-9-16(27-2)19(17(10-12)28-3)29-11-18(22)24/h4-10H,11H2,1-3H3,(H2,22,24)/b15-8+. The van der Waals surface area contributed by atoms with Gasteiger partial charge in [0.1, 0.15) is 5.75 Å². The molecule has 156 valence electrons. The van der Waals surface area contributed by atoms with E-state index in [9.17, 15) is 9.59 Å². The van der Waals surface area contributed by atoms with Gasteiger partial charge in [0.2, 0.25) is 11.6 Å². The number of primary amides is 1. The Morgan fingerprint density at radius 2 is 1.70 bits per heavy atom. The van der Waals surface area contributed by atoms with Crippen molar-refractivity contribution >= 4 is 23.9 Å². The highest BCUT2D eigenvalue weighted by Crippen LogP contribution is 2.39. The molecule has 1 amide bonds. The van der Waals surface area contributed by atoms with Gasteiger partial charge in [-0.05, 0) is 48.0 Å². The Bertz CT molecular complexity index is 1000. The lowest BCUT2D eigenvalue weighted by Gasteiger charge is -2.14. The normalized spacial score (nSPS) is 14.2. The number of cyclic esters (lactones) is 1. The number of ether oxygens (including phenoxy) is 5. The molecule has 30 heavy (non-hydrogen) atoms. The first-order valence-corrected chi connectivity index (χ1v) is 8.79. The number of nitrogens with two attached hydrogens (primary N) is 1. The molecule has 0 unspecified atom stereocenters. The number of esters is 1. The first-order valence-electron chi connectivity index (χ1n) is 8.79. The second kappa shape index (κ2) is 8.99.